The summed E-state index contributed by atoms with van der Waals surface area (Å²) in [5, 5.41) is 2.87. The van der Waals surface area contributed by atoms with Gasteiger partial charge in [0.05, 0.1) is 18.7 Å². The van der Waals surface area contributed by atoms with Gasteiger partial charge in [-0.1, -0.05) is 23.5 Å². The Labute approximate surface area is 126 Å². The second kappa shape index (κ2) is 7.82. The SMILES string of the molecule is Cc1ccc(C#CCN)c(C(=O)NCCOCC2CC2)c1. The molecule has 0 heterocycles. The number of amides is 1. The van der Waals surface area contributed by atoms with Gasteiger partial charge in [-0.2, -0.15) is 0 Å². The van der Waals surface area contributed by atoms with E-state index in [1.54, 1.807) is 0 Å². The lowest BCUT2D eigenvalue weighted by Gasteiger charge is -2.08. The lowest BCUT2D eigenvalue weighted by atomic mass is 10.0. The third kappa shape index (κ3) is 5.22. The zero-order valence-electron chi connectivity index (χ0n) is 12.4. The Morgan fingerprint density at radius 1 is 1.48 bits per heavy atom. The normalized spacial score (nSPS) is 13.4. The van der Waals surface area contributed by atoms with E-state index >= 15 is 0 Å². The number of carbonyl (C=O) groups is 1. The molecule has 0 aromatic heterocycles. The first-order valence-electron chi connectivity index (χ1n) is 7.36. The van der Waals surface area contributed by atoms with E-state index in [-0.39, 0.29) is 12.5 Å². The Morgan fingerprint density at radius 3 is 3.00 bits per heavy atom. The van der Waals surface area contributed by atoms with Gasteiger partial charge in [-0.15, -0.1) is 0 Å². The van der Waals surface area contributed by atoms with Crippen molar-refractivity contribution < 1.29 is 9.53 Å². The van der Waals surface area contributed by atoms with Crippen LogP contribution in [0.1, 0.15) is 34.3 Å². The second-order valence-electron chi connectivity index (χ2n) is 5.33. The molecule has 0 bridgehead atoms. The number of rotatable bonds is 6. The van der Waals surface area contributed by atoms with Crippen LogP contribution in [0.2, 0.25) is 0 Å². The summed E-state index contributed by atoms with van der Waals surface area (Å²) in [4.78, 5) is 12.2. The lowest BCUT2D eigenvalue weighted by molar-refractivity contribution is 0.0906. The molecule has 1 aromatic rings. The molecule has 0 radical (unpaired) electrons. The predicted molar refractivity (Wildman–Crippen MR) is 83.0 cm³/mol. The van der Waals surface area contributed by atoms with Crippen molar-refractivity contribution >= 4 is 5.91 Å². The Morgan fingerprint density at radius 2 is 2.29 bits per heavy atom. The maximum atomic E-state index is 12.2. The number of hydrogen-bond donors (Lipinski definition) is 2. The minimum absolute atomic E-state index is 0.116. The maximum Gasteiger partial charge on any atom is 0.252 e. The summed E-state index contributed by atoms with van der Waals surface area (Å²) in [6.45, 7) is 4.12. The van der Waals surface area contributed by atoms with E-state index < -0.39 is 0 Å². The second-order valence-corrected chi connectivity index (χ2v) is 5.33. The van der Waals surface area contributed by atoms with Gasteiger partial charge in [-0.3, -0.25) is 4.79 Å². The van der Waals surface area contributed by atoms with Crippen LogP contribution in [0.3, 0.4) is 0 Å². The molecule has 1 aliphatic carbocycles. The topological polar surface area (TPSA) is 64.4 Å². The molecule has 1 aromatic carbocycles. The summed E-state index contributed by atoms with van der Waals surface area (Å²) in [5.74, 6) is 6.36. The third-order valence-electron chi connectivity index (χ3n) is 3.33. The molecule has 0 spiro atoms. The molecule has 1 fully saturated rings. The fourth-order valence-corrected chi connectivity index (χ4v) is 1.97. The molecule has 0 aliphatic heterocycles. The molecule has 21 heavy (non-hydrogen) atoms. The first kappa shape index (κ1) is 15.6. The van der Waals surface area contributed by atoms with Gasteiger partial charge in [-0.25, -0.2) is 0 Å². The standard InChI is InChI=1S/C17H22N2O2/c1-13-4-7-15(3-2-8-18)16(11-13)17(20)19-9-10-21-12-14-5-6-14/h4,7,11,14H,5-6,8-10,12,18H2,1H3,(H,19,20). The van der Waals surface area contributed by atoms with Crippen LogP contribution in [0.25, 0.3) is 0 Å². The molecule has 0 atom stereocenters. The van der Waals surface area contributed by atoms with Crippen LogP contribution in [0.15, 0.2) is 18.2 Å². The minimum Gasteiger partial charge on any atom is -0.379 e. The molecular formula is C17H22N2O2. The largest absolute Gasteiger partial charge is 0.379 e. The minimum atomic E-state index is -0.116. The van der Waals surface area contributed by atoms with Crippen molar-refractivity contribution in [3.05, 3.63) is 34.9 Å². The Bertz CT molecular complexity index is 554. The van der Waals surface area contributed by atoms with Crippen molar-refractivity contribution in [3.8, 4) is 11.8 Å². The summed E-state index contributed by atoms with van der Waals surface area (Å²) in [6.07, 6.45) is 2.55. The number of ether oxygens (including phenoxy) is 1. The van der Waals surface area contributed by atoms with Gasteiger partial charge in [0.2, 0.25) is 0 Å². The molecule has 112 valence electrons. The smallest absolute Gasteiger partial charge is 0.252 e. The highest BCUT2D eigenvalue weighted by atomic mass is 16.5. The van der Waals surface area contributed by atoms with Gasteiger partial charge >= 0.3 is 0 Å². The predicted octanol–water partition coefficient (Wildman–Crippen LogP) is 1.46. The van der Waals surface area contributed by atoms with Crippen molar-refractivity contribution in [3.63, 3.8) is 0 Å². The van der Waals surface area contributed by atoms with E-state index in [4.69, 9.17) is 10.5 Å². The van der Waals surface area contributed by atoms with Crippen molar-refractivity contribution in [1.82, 2.24) is 5.32 Å². The number of hydrogen-bond acceptors (Lipinski definition) is 3. The van der Waals surface area contributed by atoms with E-state index in [9.17, 15) is 4.79 Å². The van der Waals surface area contributed by atoms with E-state index in [2.05, 4.69) is 17.2 Å². The monoisotopic (exact) mass is 286 g/mol. The summed E-state index contributed by atoms with van der Waals surface area (Å²) < 4.78 is 5.50. The van der Waals surface area contributed by atoms with Crippen LogP contribution in [0.4, 0.5) is 0 Å². The van der Waals surface area contributed by atoms with Crippen LogP contribution < -0.4 is 11.1 Å². The quantitative estimate of drug-likeness (QED) is 0.615. The van der Waals surface area contributed by atoms with Gasteiger partial charge in [-0.05, 0) is 37.8 Å². The molecule has 0 saturated heterocycles. The number of benzene rings is 1. The zero-order chi connectivity index (χ0) is 15.1. The first-order chi connectivity index (χ1) is 10.2. The van der Waals surface area contributed by atoms with Gasteiger partial charge in [0.15, 0.2) is 0 Å². The van der Waals surface area contributed by atoms with E-state index in [0.717, 1.165) is 18.1 Å². The highest BCUT2D eigenvalue weighted by Gasteiger charge is 2.20. The molecule has 1 saturated carbocycles. The van der Waals surface area contributed by atoms with Crippen LogP contribution in [0.5, 0.6) is 0 Å². The van der Waals surface area contributed by atoms with Crippen molar-refractivity contribution in [2.24, 2.45) is 11.7 Å². The van der Waals surface area contributed by atoms with Crippen molar-refractivity contribution in [2.45, 2.75) is 19.8 Å². The highest BCUT2D eigenvalue weighted by molar-refractivity contribution is 5.96. The number of aryl methyl sites for hydroxylation is 1. The van der Waals surface area contributed by atoms with E-state index in [1.165, 1.54) is 12.8 Å². The average Bonchev–Trinajstić information content (AvgIpc) is 3.29. The number of nitrogens with one attached hydrogen (secondary N) is 1. The molecule has 0 unspecified atom stereocenters. The molecule has 1 amide bonds. The van der Waals surface area contributed by atoms with Gasteiger partial charge in [0.1, 0.15) is 0 Å². The highest BCUT2D eigenvalue weighted by Crippen LogP contribution is 2.28. The van der Waals surface area contributed by atoms with Gasteiger partial charge in [0, 0.05) is 18.7 Å². The number of nitrogens with two attached hydrogens (primary N) is 1. The Balaban J connectivity index is 1.88. The average molecular weight is 286 g/mol. The zero-order valence-corrected chi connectivity index (χ0v) is 12.4. The molecule has 4 nitrogen and oxygen atoms in total. The van der Waals surface area contributed by atoms with Gasteiger partial charge in [0.25, 0.3) is 5.91 Å². The fourth-order valence-electron chi connectivity index (χ4n) is 1.97. The first-order valence-corrected chi connectivity index (χ1v) is 7.36. The Hall–Kier alpha value is -1.83. The lowest BCUT2D eigenvalue weighted by Crippen LogP contribution is -2.28. The van der Waals surface area contributed by atoms with E-state index in [0.29, 0.717) is 24.3 Å². The number of carbonyl (C=O) groups excluding carboxylic acids is 1. The summed E-state index contributed by atoms with van der Waals surface area (Å²) in [5.41, 5.74) is 7.72. The molecular weight excluding hydrogens is 264 g/mol. The summed E-state index contributed by atoms with van der Waals surface area (Å²) in [7, 11) is 0. The van der Waals surface area contributed by atoms with Crippen molar-refractivity contribution in [2.75, 3.05) is 26.3 Å². The molecule has 1 aliphatic rings. The maximum absolute atomic E-state index is 12.2. The van der Waals surface area contributed by atoms with E-state index in [1.807, 2.05) is 25.1 Å². The van der Waals surface area contributed by atoms with Crippen LogP contribution in [-0.2, 0) is 4.74 Å². The summed E-state index contributed by atoms with van der Waals surface area (Å²) in [6, 6.07) is 5.65. The molecule has 2 rings (SSSR count). The molecule has 3 N–H and O–H groups in total. The summed E-state index contributed by atoms with van der Waals surface area (Å²) >= 11 is 0. The fraction of sp³-hybridized carbons (Fsp3) is 0.471. The Kier molecular flexibility index (Phi) is 5.79. The van der Waals surface area contributed by atoms with Gasteiger partial charge < -0.3 is 15.8 Å². The van der Waals surface area contributed by atoms with Crippen molar-refractivity contribution in [1.29, 1.82) is 0 Å². The van der Waals surface area contributed by atoms with Crippen LogP contribution in [-0.4, -0.2) is 32.2 Å². The molecule has 4 heteroatoms. The van der Waals surface area contributed by atoms with Crippen LogP contribution in [0, 0.1) is 24.7 Å². The van der Waals surface area contributed by atoms with Crippen LogP contribution >= 0.6 is 0 Å². The third-order valence-corrected chi connectivity index (χ3v) is 3.33.